The number of phenols is 1. The Balaban J connectivity index is 2.25. The Bertz CT molecular complexity index is 329. The molecule has 0 aliphatic heterocycles. The highest BCUT2D eigenvalue weighted by Crippen LogP contribution is 2.37. The van der Waals surface area contributed by atoms with Gasteiger partial charge in [0.2, 0.25) is 0 Å². The van der Waals surface area contributed by atoms with Crippen LogP contribution in [0.5, 0.6) is 5.75 Å². The van der Waals surface area contributed by atoms with E-state index in [9.17, 15) is 5.11 Å². The van der Waals surface area contributed by atoms with E-state index in [1.807, 2.05) is 37.2 Å². The van der Waals surface area contributed by atoms with Crippen LogP contribution >= 0.6 is 0 Å². The van der Waals surface area contributed by atoms with Gasteiger partial charge in [0, 0.05) is 14.1 Å². The Kier molecular flexibility index (Phi) is 2.36. The van der Waals surface area contributed by atoms with Crippen LogP contribution in [-0.4, -0.2) is 19.2 Å². The van der Waals surface area contributed by atoms with E-state index in [2.05, 4.69) is 0 Å². The molecule has 1 N–H and O–H groups in total. The number of rotatable bonds is 3. The van der Waals surface area contributed by atoms with E-state index in [1.54, 1.807) is 0 Å². The third kappa shape index (κ3) is 1.84. The van der Waals surface area contributed by atoms with E-state index < -0.39 is 0 Å². The predicted octanol–water partition coefficient (Wildman–Crippen LogP) is 2.41. The largest absolute Gasteiger partial charge is 0.505 e. The smallest absolute Gasteiger partial charge is 0.142 e. The van der Waals surface area contributed by atoms with Crippen molar-refractivity contribution in [2.24, 2.45) is 5.92 Å². The van der Waals surface area contributed by atoms with Crippen molar-refractivity contribution in [2.45, 2.75) is 19.3 Å². The van der Waals surface area contributed by atoms with Crippen LogP contribution in [0.15, 0.2) is 18.2 Å². The number of anilines is 1. The van der Waals surface area contributed by atoms with E-state index in [1.165, 1.54) is 12.8 Å². The maximum Gasteiger partial charge on any atom is 0.142 e. The SMILES string of the molecule is CN(C)c1cccc(CC2CC2)c1O. The number of aromatic hydroxyl groups is 1. The molecular formula is C12H17NO. The van der Waals surface area contributed by atoms with Gasteiger partial charge in [-0.1, -0.05) is 12.1 Å². The molecule has 0 unspecified atom stereocenters. The van der Waals surface area contributed by atoms with E-state index in [4.69, 9.17) is 0 Å². The Hall–Kier alpha value is -1.18. The highest BCUT2D eigenvalue weighted by Gasteiger charge is 2.23. The standard InChI is InChI=1S/C12H17NO/c1-13(2)11-5-3-4-10(12(11)14)8-9-6-7-9/h3-5,9,14H,6-8H2,1-2H3. The Morgan fingerprint density at radius 3 is 2.64 bits per heavy atom. The first-order valence-electron chi connectivity index (χ1n) is 5.16. The van der Waals surface area contributed by atoms with Crippen molar-refractivity contribution in [3.8, 4) is 5.75 Å². The monoisotopic (exact) mass is 191 g/mol. The van der Waals surface area contributed by atoms with Gasteiger partial charge in [0.05, 0.1) is 5.69 Å². The Morgan fingerprint density at radius 2 is 2.07 bits per heavy atom. The molecule has 2 nitrogen and oxygen atoms in total. The van der Waals surface area contributed by atoms with Crippen LogP contribution in [0.25, 0.3) is 0 Å². The van der Waals surface area contributed by atoms with E-state index in [-0.39, 0.29) is 0 Å². The highest BCUT2D eigenvalue weighted by atomic mass is 16.3. The molecule has 0 atom stereocenters. The second-order valence-corrected chi connectivity index (χ2v) is 4.33. The maximum atomic E-state index is 9.99. The second-order valence-electron chi connectivity index (χ2n) is 4.33. The number of phenolic OH excluding ortho intramolecular Hbond substituents is 1. The molecular weight excluding hydrogens is 174 g/mol. The topological polar surface area (TPSA) is 23.5 Å². The summed E-state index contributed by atoms with van der Waals surface area (Å²) in [4.78, 5) is 1.95. The molecule has 0 radical (unpaired) electrons. The molecule has 0 heterocycles. The molecule has 14 heavy (non-hydrogen) atoms. The van der Waals surface area contributed by atoms with Gasteiger partial charge >= 0.3 is 0 Å². The lowest BCUT2D eigenvalue weighted by molar-refractivity contribution is 0.467. The molecule has 0 spiro atoms. The average Bonchev–Trinajstić information content (AvgIpc) is 2.92. The fraction of sp³-hybridized carbons (Fsp3) is 0.500. The average molecular weight is 191 g/mol. The summed E-state index contributed by atoms with van der Waals surface area (Å²) < 4.78 is 0. The minimum Gasteiger partial charge on any atom is -0.505 e. The number of benzene rings is 1. The zero-order valence-electron chi connectivity index (χ0n) is 8.83. The summed E-state index contributed by atoms with van der Waals surface area (Å²) in [5, 5.41) is 9.99. The zero-order chi connectivity index (χ0) is 10.1. The van der Waals surface area contributed by atoms with Crippen LogP contribution in [0, 0.1) is 5.92 Å². The first kappa shape index (κ1) is 9.38. The molecule has 0 aromatic heterocycles. The predicted molar refractivity (Wildman–Crippen MR) is 58.9 cm³/mol. The Labute approximate surface area is 85.2 Å². The molecule has 1 aromatic rings. The second kappa shape index (κ2) is 3.52. The zero-order valence-corrected chi connectivity index (χ0v) is 8.83. The van der Waals surface area contributed by atoms with Crippen LogP contribution in [0.1, 0.15) is 18.4 Å². The minimum atomic E-state index is 0.462. The first-order chi connectivity index (χ1) is 6.68. The van der Waals surface area contributed by atoms with Gasteiger partial charge in [-0.15, -0.1) is 0 Å². The lowest BCUT2D eigenvalue weighted by atomic mass is 10.1. The van der Waals surface area contributed by atoms with Crippen molar-refractivity contribution >= 4 is 5.69 Å². The summed E-state index contributed by atoms with van der Waals surface area (Å²) in [6, 6.07) is 6.00. The lowest BCUT2D eigenvalue weighted by Gasteiger charge is -2.16. The van der Waals surface area contributed by atoms with Gasteiger partial charge in [0.15, 0.2) is 0 Å². The minimum absolute atomic E-state index is 0.462. The van der Waals surface area contributed by atoms with Gasteiger partial charge in [-0.3, -0.25) is 0 Å². The van der Waals surface area contributed by atoms with Crippen LogP contribution in [0.4, 0.5) is 5.69 Å². The van der Waals surface area contributed by atoms with Crippen molar-refractivity contribution in [1.29, 1.82) is 0 Å². The molecule has 1 aromatic carbocycles. The van der Waals surface area contributed by atoms with Crippen LogP contribution in [0.2, 0.25) is 0 Å². The summed E-state index contributed by atoms with van der Waals surface area (Å²) in [7, 11) is 3.91. The third-order valence-electron chi connectivity index (χ3n) is 2.79. The third-order valence-corrected chi connectivity index (χ3v) is 2.79. The fourth-order valence-corrected chi connectivity index (χ4v) is 1.74. The molecule has 0 amide bonds. The van der Waals surface area contributed by atoms with Crippen molar-refractivity contribution in [3.63, 3.8) is 0 Å². The maximum absolute atomic E-state index is 9.99. The number of para-hydroxylation sites is 1. The summed E-state index contributed by atoms with van der Waals surface area (Å²) in [5.41, 5.74) is 2.02. The summed E-state index contributed by atoms with van der Waals surface area (Å²) in [6.07, 6.45) is 3.69. The van der Waals surface area contributed by atoms with Crippen molar-refractivity contribution in [2.75, 3.05) is 19.0 Å². The van der Waals surface area contributed by atoms with Crippen LogP contribution in [0.3, 0.4) is 0 Å². The molecule has 1 saturated carbocycles. The van der Waals surface area contributed by atoms with Gasteiger partial charge in [0.25, 0.3) is 0 Å². The van der Waals surface area contributed by atoms with Crippen LogP contribution in [-0.2, 0) is 6.42 Å². The molecule has 1 aliphatic rings. The van der Waals surface area contributed by atoms with Gasteiger partial charge in [-0.2, -0.15) is 0 Å². The van der Waals surface area contributed by atoms with E-state index >= 15 is 0 Å². The summed E-state index contributed by atoms with van der Waals surface area (Å²) in [6.45, 7) is 0. The Morgan fingerprint density at radius 1 is 1.36 bits per heavy atom. The van der Waals surface area contributed by atoms with Crippen molar-refractivity contribution < 1.29 is 5.11 Å². The lowest BCUT2D eigenvalue weighted by Crippen LogP contribution is -2.09. The van der Waals surface area contributed by atoms with Gasteiger partial charge in [-0.25, -0.2) is 0 Å². The van der Waals surface area contributed by atoms with Gasteiger partial charge in [-0.05, 0) is 36.8 Å². The number of hydrogen-bond donors (Lipinski definition) is 1. The van der Waals surface area contributed by atoms with Crippen molar-refractivity contribution in [3.05, 3.63) is 23.8 Å². The molecule has 0 saturated heterocycles. The van der Waals surface area contributed by atoms with Gasteiger partial charge < -0.3 is 10.0 Å². The number of hydrogen-bond acceptors (Lipinski definition) is 2. The molecule has 2 heteroatoms. The highest BCUT2D eigenvalue weighted by molar-refractivity contribution is 5.60. The molecule has 76 valence electrons. The molecule has 1 fully saturated rings. The molecule has 1 aliphatic carbocycles. The summed E-state index contributed by atoms with van der Waals surface area (Å²) in [5.74, 6) is 1.28. The first-order valence-corrected chi connectivity index (χ1v) is 5.16. The van der Waals surface area contributed by atoms with Crippen molar-refractivity contribution in [1.82, 2.24) is 0 Å². The fourth-order valence-electron chi connectivity index (χ4n) is 1.74. The van der Waals surface area contributed by atoms with Crippen LogP contribution < -0.4 is 4.90 Å². The quantitative estimate of drug-likeness (QED) is 0.793. The normalized spacial score (nSPS) is 15.6. The number of nitrogens with zero attached hydrogens (tertiary/aromatic N) is 1. The van der Waals surface area contributed by atoms with Gasteiger partial charge in [0.1, 0.15) is 5.75 Å². The summed E-state index contributed by atoms with van der Waals surface area (Å²) >= 11 is 0. The van der Waals surface area contributed by atoms with E-state index in [0.717, 1.165) is 23.6 Å². The molecule has 2 rings (SSSR count). The van der Waals surface area contributed by atoms with E-state index in [0.29, 0.717) is 5.75 Å². The molecule has 0 bridgehead atoms.